The van der Waals surface area contributed by atoms with E-state index in [9.17, 15) is 4.79 Å². The molecule has 4 rings (SSSR count). The summed E-state index contributed by atoms with van der Waals surface area (Å²) in [6, 6.07) is 10.1. The normalized spacial score (nSPS) is 19.6. The molecule has 1 aromatic carbocycles. The zero-order valence-corrected chi connectivity index (χ0v) is 16.2. The van der Waals surface area contributed by atoms with Crippen LogP contribution >= 0.6 is 27.3 Å². The molecule has 0 spiro atoms. The Bertz CT molecular complexity index is 811. The molecule has 1 amide bonds. The number of anilines is 1. The zero-order chi connectivity index (χ0) is 17.2. The van der Waals surface area contributed by atoms with E-state index in [0.717, 1.165) is 59.0 Å². The minimum absolute atomic E-state index is 0.0963. The van der Waals surface area contributed by atoms with E-state index in [0.29, 0.717) is 6.54 Å². The van der Waals surface area contributed by atoms with Crippen LogP contribution in [0.5, 0.6) is 0 Å². The van der Waals surface area contributed by atoms with Gasteiger partial charge in [0.05, 0.1) is 24.5 Å². The predicted octanol–water partition coefficient (Wildman–Crippen LogP) is 3.73. The topological polar surface area (TPSA) is 32.8 Å². The lowest BCUT2D eigenvalue weighted by Crippen LogP contribution is -2.42. The highest BCUT2D eigenvalue weighted by atomic mass is 79.9. The summed E-state index contributed by atoms with van der Waals surface area (Å²) >= 11 is 5.11. The number of amides is 1. The van der Waals surface area contributed by atoms with E-state index >= 15 is 0 Å². The molecular weight excluding hydrogens is 400 g/mol. The number of carbonyl (C=O) groups excluding carboxylic acids is 1. The van der Waals surface area contributed by atoms with Crippen molar-refractivity contribution in [2.75, 3.05) is 44.3 Å². The molecule has 0 atom stereocenters. The number of ether oxygens (including phenoxy) is 1. The summed E-state index contributed by atoms with van der Waals surface area (Å²) < 4.78 is 6.45. The Morgan fingerprint density at radius 2 is 2.00 bits per heavy atom. The van der Waals surface area contributed by atoms with Crippen molar-refractivity contribution in [2.45, 2.75) is 0 Å². The fraction of sp³-hybridized carbons (Fsp3) is 0.316. The number of para-hydroxylation sites is 1. The second-order valence-corrected chi connectivity index (χ2v) is 8.01. The van der Waals surface area contributed by atoms with Gasteiger partial charge in [-0.05, 0) is 34.1 Å². The average molecular weight is 419 g/mol. The number of nitrogens with zero attached hydrogens (tertiary/aromatic N) is 2. The van der Waals surface area contributed by atoms with Crippen molar-refractivity contribution in [1.82, 2.24) is 4.90 Å². The first-order chi connectivity index (χ1) is 12.2. The van der Waals surface area contributed by atoms with Crippen LogP contribution in [0, 0.1) is 0 Å². The monoisotopic (exact) mass is 418 g/mol. The van der Waals surface area contributed by atoms with Crippen molar-refractivity contribution >= 4 is 50.5 Å². The lowest BCUT2D eigenvalue weighted by molar-refractivity contribution is -0.113. The molecule has 25 heavy (non-hydrogen) atoms. The van der Waals surface area contributed by atoms with Crippen LogP contribution in [0.25, 0.3) is 11.6 Å². The zero-order valence-electron chi connectivity index (χ0n) is 13.8. The van der Waals surface area contributed by atoms with Gasteiger partial charge in [0.1, 0.15) is 0 Å². The molecule has 130 valence electrons. The summed E-state index contributed by atoms with van der Waals surface area (Å²) in [7, 11) is 0. The van der Waals surface area contributed by atoms with Crippen LogP contribution in [0.2, 0.25) is 0 Å². The van der Waals surface area contributed by atoms with Gasteiger partial charge in [-0.2, -0.15) is 0 Å². The molecule has 0 bridgehead atoms. The van der Waals surface area contributed by atoms with Crippen LogP contribution in [0.15, 0.2) is 40.2 Å². The Labute approximate surface area is 159 Å². The van der Waals surface area contributed by atoms with Crippen molar-refractivity contribution in [3.8, 4) is 0 Å². The van der Waals surface area contributed by atoms with Gasteiger partial charge in [-0.25, -0.2) is 0 Å². The summed E-state index contributed by atoms with van der Waals surface area (Å²) in [4.78, 5) is 18.4. The minimum atomic E-state index is 0.0963. The summed E-state index contributed by atoms with van der Waals surface area (Å²) in [5.41, 5.74) is 2.83. The number of hydrogen-bond acceptors (Lipinski definition) is 4. The van der Waals surface area contributed by atoms with Crippen molar-refractivity contribution < 1.29 is 9.53 Å². The first-order valence-corrected chi connectivity index (χ1v) is 10.1. The van der Waals surface area contributed by atoms with Gasteiger partial charge in [0.25, 0.3) is 5.91 Å². The Kier molecular flexibility index (Phi) is 5.03. The molecule has 6 heteroatoms. The molecule has 2 aliphatic rings. The number of morpholine rings is 1. The van der Waals surface area contributed by atoms with Gasteiger partial charge in [0.15, 0.2) is 0 Å². The van der Waals surface area contributed by atoms with Gasteiger partial charge in [-0.15, -0.1) is 11.3 Å². The van der Waals surface area contributed by atoms with E-state index in [4.69, 9.17) is 4.74 Å². The number of fused-ring (bicyclic) bond motifs is 1. The van der Waals surface area contributed by atoms with Crippen LogP contribution in [0.1, 0.15) is 10.4 Å². The van der Waals surface area contributed by atoms with E-state index in [-0.39, 0.29) is 5.91 Å². The highest BCUT2D eigenvalue weighted by molar-refractivity contribution is 9.10. The maximum Gasteiger partial charge on any atom is 0.259 e. The third-order valence-electron chi connectivity index (χ3n) is 4.58. The average Bonchev–Trinajstić information content (AvgIpc) is 3.16. The molecule has 0 radical (unpaired) electrons. The molecule has 4 nitrogen and oxygen atoms in total. The highest BCUT2D eigenvalue weighted by Gasteiger charge is 2.32. The van der Waals surface area contributed by atoms with Crippen LogP contribution < -0.4 is 4.90 Å². The molecule has 3 heterocycles. The van der Waals surface area contributed by atoms with Gasteiger partial charge in [-0.1, -0.05) is 18.2 Å². The molecular formula is C19H19BrN2O2S. The molecule has 1 aromatic heterocycles. The summed E-state index contributed by atoms with van der Waals surface area (Å²) in [5.74, 6) is 0.0963. The first kappa shape index (κ1) is 17.0. The van der Waals surface area contributed by atoms with E-state index in [1.807, 2.05) is 46.7 Å². The maximum absolute atomic E-state index is 13.1. The van der Waals surface area contributed by atoms with E-state index < -0.39 is 0 Å². The molecule has 1 saturated heterocycles. The smallest absolute Gasteiger partial charge is 0.259 e. The molecule has 0 N–H and O–H groups in total. The summed E-state index contributed by atoms with van der Waals surface area (Å²) in [6.45, 7) is 5.03. The SMILES string of the molecule is O=C1/C(=C\c2cc(Br)cs2)c2ccccc2N1CCN1CCOCC1. The van der Waals surface area contributed by atoms with E-state index in [1.165, 1.54) is 0 Å². The standard InChI is InChI=1S/C19H19BrN2O2S/c20-14-11-15(25-13-14)12-17-16-3-1-2-4-18(16)22(19(17)23)6-5-21-7-9-24-10-8-21/h1-4,11-13H,5-10H2/b17-12-. The Morgan fingerprint density at radius 1 is 1.20 bits per heavy atom. The number of benzene rings is 1. The second kappa shape index (κ2) is 7.41. The van der Waals surface area contributed by atoms with Crippen molar-refractivity contribution in [1.29, 1.82) is 0 Å². The van der Waals surface area contributed by atoms with Crippen LogP contribution in [0.3, 0.4) is 0 Å². The summed E-state index contributed by atoms with van der Waals surface area (Å²) in [6.07, 6.45) is 2.01. The number of hydrogen-bond donors (Lipinski definition) is 0. The molecule has 2 aromatic rings. The van der Waals surface area contributed by atoms with Crippen molar-refractivity contribution in [3.05, 3.63) is 50.6 Å². The number of carbonyl (C=O) groups is 1. The number of thiophene rings is 1. The second-order valence-electron chi connectivity index (χ2n) is 6.15. The molecule has 0 aliphatic carbocycles. The number of rotatable bonds is 4. The molecule has 1 fully saturated rings. The maximum atomic E-state index is 13.1. The van der Waals surface area contributed by atoms with Crippen LogP contribution in [-0.4, -0.2) is 50.2 Å². The first-order valence-electron chi connectivity index (χ1n) is 8.39. The predicted molar refractivity (Wildman–Crippen MR) is 106 cm³/mol. The van der Waals surface area contributed by atoms with Crippen molar-refractivity contribution in [3.63, 3.8) is 0 Å². The van der Waals surface area contributed by atoms with Gasteiger partial charge in [-0.3, -0.25) is 9.69 Å². The Balaban J connectivity index is 1.58. The lowest BCUT2D eigenvalue weighted by Gasteiger charge is -2.28. The van der Waals surface area contributed by atoms with E-state index in [2.05, 4.69) is 20.8 Å². The van der Waals surface area contributed by atoms with Crippen molar-refractivity contribution in [2.24, 2.45) is 0 Å². The van der Waals surface area contributed by atoms with Crippen LogP contribution in [-0.2, 0) is 9.53 Å². The Morgan fingerprint density at radius 3 is 2.76 bits per heavy atom. The highest BCUT2D eigenvalue weighted by Crippen LogP contribution is 2.38. The third kappa shape index (κ3) is 3.58. The fourth-order valence-electron chi connectivity index (χ4n) is 3.28. The third-order valence-corrected chi connectivity index (χ3v) is 6.22. The minimum Gasteiger partial charge on any atom is -0.379 e. The van der Waals surface area contributed by atoms with Gasteiger partial charge < -0.3 is 9.64 Å². The van der Waals surface area contributed by atoms with Gasteiger partial charge in [0.2, 0.25) is 0 Å². The Hall–Kier alpha value is -1.47. The molecule has 0 saturated carbocycles. The summed E-state index contributed by atoms with van der Waals surface area (Å²) in [5, 5.41) is 2.04. The molecule has 2 aliphatic heterocycles. The largest absolute Gasteiger partial charge is 0.379 e. The molecule has 0 unspecified atom stereocenters. The van der Waals surface area contributed by atoms with Gasteiger partial charge in [0, 0.05) is 46.5 Å². The quantitative estimate of drug-likeness (QED) is 0.709. The van der Waals surface area contributed by atoms with Crippen LogP contribution in [0.4, 0.5) is 5.69 Å². The fourth-order valence-corrected chi connectivity index (χ4v) is 4.66. The lowest BCUT2D eigenvalue weighted by atomic mass is 10.1. The van der Waals surface area contributed by atoms with E-state index in [1.54, 1.807) is 11.3 Å². The number of halogens is 1. The van der Waals surface area contributed by atoms with Gasteiger partial charge >= 0.3 is 0 Å².